The number of aromatic hydroxyl groups is 1. The Morgan fingerprint density at radius 2 is 1.91 bits per heavy atom. The van der Waals surface area contributed by atoms with Crippen LogP contribution in [-0.4, -0.2) is 40.4 Å². The third kappa shape index (κ3) is 5.72. The fraction of sp³-hybridized carbons (Fsp3) is 0.250. The maximum Gasteiger partial charge on any atom is 0.340 e. The molecule has 0 fully saturated rings. The molecule has 0 radical (unpaired) electrons. The minimum atomic E-state index is -3.61. The summed E-state index contributed by atoms with van der Waals surface area (Å²) in [7, 11) is -3.61. The Morgan fingerprint density at radius 1 is 1.19 bits per heavy atom. The summed E-state index contributed by atoms with van der Waals surface area (Å²) in [4.78, 5) is 20.7. The van der Waals surface area contributed by atoms with Crippen LogP contribution in [0.25, 0.3) is 10.9 Å². The van der Waals surface area contributed by atoms with Gasteiger partial charge in [-0.15, -0.1) is 0 Å². The van der Waals surface area contributed by atoms with Gasteiger partial charge in [0.15, 0.2) is 0 Å². The predicted molar refractivity (Wildman–Crippen MR) is 120 cm³/mol. The standard InChI is InChI=1S/C20H21ClFN4O5P/c1-3-30-32(29,31-4-2)10-19(28)26-17-8-13-16(9-18(17)27)23-11-24-20(13)25-12-5-6-15(22)14(21)7-12/h5-9,11,27H,3-4,10H2,1-2H3,(H,26,28)(H,23,24,25). The summed E-state index contributed by atoms with van der Waals surface area (Å²) in [5, 5.41) is 16.2. The largest absolute Gasteiger partial charge is 0.506 e. The molecule has 3 rings (SSSR count). The van der Waals surface area contributed by atoms with Gasteiger partial charge in [-0.05, 0) is 38.1 Å². The van der Waals surface area contributed by atoms with Crippen LogP contribution in [0.15, 0.2) is 36.7 Å². The van der Waals surface area contributed by atoms with Crippen LogP contribution in [0, 0.1) is 5.82 Å². The fourth-order valence-corrected chi connectivity index (χ4v) is 4.55. The lowest BCUT2D eigenvalue weighted by molar-refractivity contribution is -0.114. The number of fused-ring (bicyclic) bond motifs is 1. The van der Waals surface area contributed by atoms with Crippen LogP contribution in [0.3, 0.4) is 0 Å². The first-order valence-corrected chi connectivity index (χ1v) is 11.7. The van der Waals surface area contributed by atoms with Gasteiger partial charge in [0, 0.05) is 17.1 Å². The number of nitrogens with one attached hydrogen (secondary N) is 2. The van der Waals surface area contributed by atoms with E-state index in [0.717, 1.165) is 0 Å². The molecule has 0 aliphatic heterocycles. The van der Waals surface area contributed by atoms with Crippen molar-refractivity contribution in [3.05, 3.63) is 47.5 Å². The number of benzene rings is 2. The van der Waals surface area contributed by atoms with Crippen molar-refractivity contribution in [1.29, 1.82) is 0 Å². The zero-order valence-corrected chi connectivity index (χ0v) is 18.9. The van der Waals surface area contributed by atoms with Crippen molar-refractivity contribution in [2.75, 3.05) is 30.0 Å². The molecule has 1 heterocycles. The number of phenols is 1. The van der Waals surface area contributed by atoms with Crippen molar-refractivity contribution in [3.63, 3.8) is 0 Å². The highest BCUT2D eigenvalue weighted by Gasteiger charge is 2.28. The minimum Gasteiger partial charge on any atom is -0.506 e. The zero-order chi connectivity index (χ0) is 23.3. The summed E-state index contributed by atoms with van der Waals surface area (Å²) in [5.41, 5.74) is 0.918. The molecule has 170 valence electrons. The summed E-state index contributed by atoms with van der Waals surface area (Å²) in [6.45, 7) is 3.51. The van der Waals surface area contributed by atoms with E-state index < -0.39 is 25.5 Å². The molecule has 0 saturated carbocycles. The predicted octanol–water partition coefficient (Wildman–Crippen LogP) is 5.08. The highest BCUT2D eigenvalue weighted by molar-refractivity contribution is 7.54. The van der Waals surface area contributed by atoms with Crippen molar-refractivity contribution in [2.45, 2.75) is 13.8 Å². The second-order valence-electron chi connectivity index (χ2n) is 6.52. The molecule has 0 saturated heterocycles. The van der Waals surface area contributed by atoms with Gasteiger partial charge in [0.1, 0.15) is 29.9 Å². The average Bonchev–Trinajstić information content (AvgIpc) is 2.72. The molecule has 3 N–H and O–H groups in total. The number of nitrogens with zero attached hydrogens (tertiary/aromatic N) is 2. The topological polar surface area (TPSA) is 123 Å². The molecule has 1 amide bonds. The van der Waals surface area contributed by atoms with Crippen molar-refractivity contribution in [3.8, 4) is 5.75 Å². The molecule has 1 aromatic heterocycles. The van der Waals surface area contributed by atoms with Gasteiger partial charge in [0.2, 0.25) is 5.91 Å². The molecular weight excluding hydrogens is 462 g/mol. The van der Waals surface area contributed by atoms with E-state index in [4.69, 9.17) is 20.6 Å². The number of phenolic OH excluding ortho intramolecular Hbond substituents is 1. The van der Waals surface area contributed by atoms with Crippen molar-refractivity contribution >= 4 is 53.2 Å². The molecule has 0 bridgehead atoms. The Hall–Kier alpha value is -2.78. The van der Waals surface area contributed by atoms with Gasteiger partial charge in [-0.25, -0.2) is 14.4 Å². The van der Waals surface area contributed by atoms with Gasteiger partial charge in [0.05, 0.1) is 29.4 Å². The Morgan fingerprint density at radius 3 is 2.56 bits per heavy atom. The normalized spacial score (nSPS) is 11.5. The molecule has 0 aliphatic rings. The molecule has 2 aromatic carbocycles. The van der Waals surface area contributed by atoms with Gasteiger partial charge in [-0.2, -0.15) is 0 Å². The second-order valence-corrected chi connectivity index (χ2v) is 8.98. The van der Waals surface area contributed by atoms with Gasteiger partial charge in [-0.1, -0.05) is 11.6 Å². The second kappa shape index (κ2) is 10.2. The minimum absolute atomic E-state index is 0.0528. The van der Waals surface area contributed by atoms with Gasteiger partial charge in [-0.3, -0.25) is 9.36 Å². The number of hydrogen-bond donors (Lipinski definition) is 3. The average molecular weight is 483 g/mol. The number of halogens is 2. The first-order chi connectivity index (χ1) is 15.2. The smallest absolute Gasteiger partial charge is 0.340 e. The monoisotopic (exact) mass is 482 g/mol. The van der Waals surface area contributed by atoms with E-state index in [1.54, 1.807) is 13.8 Å². The van der Waals surface area contributed by atoms with Crippen molar-refractivity contribution < 1.29 is 27.9 Å². The molecule has 32 heavy (non-hydrogen) atoms. The van der Waals surface area contributed by atoms with E-state index in [1.807, 2.05) is 0 Å². The highest BCUT2D eigenvalue weighted by Crippen LogP contribution is 2.48. The molecule has 0 atom stereocenters. The summed E-state index contributed by atoms with van der Waals surface area (Å²) >= 11 is 5.83. The lowest BCUT2D eigenvalue weighted by atomic mass is 10.2. The first kappa shape index (κ1) is 23.9. The van der Waals surface area contributed by atoms with Crippen molar-refractivity contribution in [1.82, 2.24) is 9.97 Å². The van der Waals surface area contributed by atoms with Crippen LogP contribution < -0.4 is 10.6 Å². The Balaban J connectivity index is 1.89. The Kier molecular flexibility index (Phi) is 7.63. The number of amides is 1. The third-order valence-electron chi connectivity index (χ3n) is 4.20. The molecule has 0 aliphatic carbocycles. The van der Waals surface area contributed by atoms with Crippen LogP contribution in [0.4, 0.5) is 21.6 Å². The molecule has 0 unspecified atom stereocenters. The third-order valence-corrected chi connectivity index (χ3v) is 6.47. The van der Waals surface area contributed by atoms with Crippen LogP contribution in [0.2, 0.25) is 5.02 Å². The Labute approximate surface area is 188 Å². The quantitative estimate of drug-likeness (QED) is 0.285. The number of carbonyl (C=O) groups excluding carboxylic acids is 1. The van der Waals surface area contributed by atoms with Crippen LogP contribution in [0.5, 0.6) is 5.75 Å². The SMILES string of the molecule is CCOP(=O)(CC(=O)Nc1cc2c(Nc3ccc(F)c(Cl)c3)ncnc2cc1O)OCC. The number of carbonyl (C=O) groups is 1. The zero-order valence-electron chi connectivity index (χ0n) is 17.3. The number of rotatable bonds is 9. The maximum absolute atomic E-state index is 13.4. The lowest BCUT2D eigenvalue weighted by Crippen LogP contribution is -2.18. The maximum atomic E-state index is 13.4. The van der Waals surface area contributed by atoms with Crippen LogP contribution in [-0.2, 0) is 18.4 Å². The molecule has 12 heteroatoms. The fourth-order valence-electron chi connectivity index (χ4n) is 2.89. The number of aromatic nitrogens is 2. The van der Waals surface area contributed by atoms with Gasteiger partial charge in [0.25, 0.3) is 0 Å². The molecular formula is C20H21ClFN4O5P. The van der Waals surface area contributed by atoms with Gasteiger partial charge < -0.3 is 24.8 Å². The molecule has 9 nitrogen and oxygen atoms in total. The van der Waals surface area contributed by atoms with E-state index >= 15 is 0 Å². The lowest BCUT2D eigenvalue weighted by Gasteiger charge is -2.17. The summed E-state index contributed by atoms with van der Waals surface area (Å²) in [5.74, 6) is -1.14. The number of hydrogen-bond acceptors (Lipinski definition) is 8. The van der Waals surface area contributed by atoms with E-state index in [9.17, 15) is 18.9 Å². The van der Waals surface area contributed by atoms with Crippen molar-refractivity contribution in [2.24, 2.45) is 0 Å². The summed E-state index contributed by atoms with van der Waals surface area (Å²) < 4.78 is 36.3. The van der Waals surface area contributed by atoms with E-state index in [0.29, 0.717) is 22.4 Å². The first-order valence-electron chi connectivity index (χ1n) is 9.62. The van der Waals surface area contributed by atoms with Gasteiger partial charge >= 0.3 is 7.60 Å². The summed E-state index contributed by atoms with van der Waals surface area (Å²) in [6.07, 6.45) is 0.768. The number of anilines is 3. The Bertz CT molecular complexity index is 1190. The van der Waals surface area contributed by atoms with E-state index in [1.165, 1.54) is 36.7 Å². The van der Waals surface area contributed by atoms with Crippen LogP contribution >= 0.6 is 19.2 Å². The molecule has 0 spiro atoms. The van der Waals surface area contributed by atoms with E-state index in [-0.39, 0.29) is 29.7 Å². The highest BCUT2D eigenvalue weighted by atomic mass is 35.5. The summed E-state index contributed by atoms with van der Waals surface area (Å²) in [6, 6.07) is 6.90. The van der Waals surface area contributed by atoms with E-state index in [2.05, 4.69) is 20.6 Å². The molecule has 3 aromatic rings. The van der Waals surface area contributed by atoms with Crippen LogP contribution in [0.1, 0.15) is 13.8 Å².